The first-order valence-electron chi connectivity index (χ1n) is 10.9. The van der Waals surface area contributed by atoms with Crippen LogP contribution in [0.15, 0.2) is 34.2 Å². The molecule has 0 radical (unpaired) electrons. The smallest absolute Gasteiger partial charge is 0.243 e. The number of rotatable bonds is 9. The minimum absolute atomic E-state index is 0.137. The van der Waals surface area contributed by atoms with Crippen LogP contribution in [0.2, 0.25) is 0 Å². The van der Waals surface area contributed by atoms with Crippen molar-refractivity contribution in [3.8, 4) is 0 Å². The van der Waals surface area contributed by atoms with E-state index in [1.54, 1.807) is 16.4 Å². The molecule has 3 rings (SSSR count). The number of guanidine groups is 1. The highest BCUT2D eigenvalue weighted by atomic mass is 32.2. The summed E-state index contributed by atoms with van der Waals surface area (Å²) < 4.78 is 27.1. The van der Waals surface area contributed by atoms with Crippen molar-refractivity contribution in [2.45, 2.75) is 50.5 Å². The average molecular weight is 436 g/mol. The van der Waals surface area contributed by atoms with Gasteiger partial charge < -0.3 is 16.0 Å². The van der Waals surface area contributed by atoms with E-state index in [4.69, 9.17) is 0 Å². The lowest BCUT2D eigenvalue weighted by atomic mass is 10.2. The highest BCUT2D eigenvalue weighted by Crippen LogP contribution is 2.28. The van der Waals surface area contributed by atoms with Crippen LogP contribution in [0, 0.1) is 5.92 Å². The molecule has 1 aromatic rings. The Labute approximate surface area is 179 Å². The van der Waals surface area contributed by atoms with Crippen LogP contribution in [0.25, 0.3) is 0 Å². The van der Waals surface area contributed by atoms with Gasteiger partial charge in [-0.05, 0) is 50.3 Å². The number of amides is 1. The van der Waals surface area contributed by atoms with Gasteiger partial charge in [-0.25, -0.2) is 13.4 Å². The van der Waals surface area contributed by atoms with Crippen LogP contribution < -0.4 is 16.0 Å². The van der Waals surface area contributed by atoms with E-state index < -0.39 is 10.0 Å². The fourth-order valence-corrected chi connectivity index (χ4v) is 4.91. The van der Waals surface area contributed by atoms with E-state index >= 15 is 0 Å². The SMILES string of the molecule is CCNC(=NCc1ccc(S(=O)(=O)N2CCCCC2)cc1)NCCNC(=O)C1CC1. The molecule has 1 aliphatic carbocycles. The Morgan fingerprint density at radius 2 is 1.70 bits per heavy atom. The lowest BCUT2D eigenvalue weighted by Gasteiger charge is -2.25. The van der Waals surface area contributed by atoms with Gasteiger partial charge in [-0.15, -0.1) is 0 Å². The number of piperidine rings is 1. The highest BCUT2D eigenvalue weighted by Gasteiger charge is 2.29. The summed E-state index contributed by atoms with van der Waals surface area (Å²) in [5, 5.41) is 9.30. The zero-order valence-electron chi connectivity index (χ0n) is 17.7. The van der Waals surface area contributed by atoms with Crippen molar-refractivity contribution in [3.63, 3.8) is 0 Å². The maximum absolute atomic E-state index is 12.7. The molecule has 0 bridgehead atoms. The number of carbonyl (C=O) groups excluding carboxylic acids is 1. The summed E-state index contributed by atoms with van der Waals surface area (Å²) in [5.74, 6) is 1.02. The third-order valence-electron chi connectivity index (χ3n) is 5.30. The monoisotopic (exact) mass is 435 g/mol. The molecular weight excluding hydrogens is 402 g/mol. The van der Waals surface area contributed by atoms with Crippen LogP contribution in [-0.4, -0.2) is 57.3 Å². The summed E-state index contributed by atoms with van der Waals surface area (Å²) in [6.45, 7) is 5.52. The number of carbonyl (C=O) groups is 1. The summed E-state index contributed by atoms with van der Waals surface area (Å²) in [4.78, 5) is 16.5. The molecule has 8 nitrogen and oxygen atoms in total. The van der Waals surface area contributed by atoms with E-state index in [0.29, 0.717) is 43.6 Å². The lowest BCUT2D eigenvalue weighted by Crippen LogP contribution is -2.41. The van der Waals surface area contributed by atoms with Crippen LogP contribution in [0.4, 0.5) is 0 Å². The molecule has 1 amide bonds. The van der Waals surface area contributed by atoms with E-state index in [0.717, 1.165) is 44.2 Å². The van der Waals surface area contributed by atoms with E-state index in [-0.39, 0.29) is 11.8 Å². The van der Waals surface area contributed by atoms with Gasteiger partial charge in [-0.3, -0.25) is 4.79 Å². The molecule has 0 unspecified atom stereocenters. The molecular formula is C21H33N5O3S. The summed E-state index contributed by atoms with van der Waals surface area (Å²) >= 11 is 0. The first-order chi connectivity index (χ1) is 14.5. The predicted molar refractivity (Wildman–Crippen MR) is 118 cm³/mol. The number of hydrogen-bond acceptors (Lipinski definition) is 4. The first-order valence-corrected chi connectivity index (χ1v) is 12.3. The number of hydrogen-bond donors (Lipinski definition) is 3. The van der Waals surface area contributed by atoms with Gasteiger partial charge in [0.1, 0.15) is 0 Å². The number of aliphatic imine (C=N–C) groups is 1. The van der Waals surface area contributed by atoms with Crippen LogP contribution in [-0.2, 0) is 21.4 Å². The molecule has 0 atom stereocenters. The van der Waals surface area contributed by atoms with Gasteiger partial charge in [0.25, 0.3) is 0 Å². The van der Waals surface area contributed by atoms with Crippen molar-refractivity contribution in [1.82, 2.24) is 20.3 Å². The van der Waals surface area contributed by atoms with Crippen LogP contribution >= 0.6 is 0 Å². The van der Waals surface area contributed by atoms with Crippen molar-refractivity contribution >= 4 is 21.9 Å². The van der Waals surface area contributed by atoms with Crippen LogP contribution in [0.3, 0.4) is 0 Å². The quantitative estimate of drug-likeness (QED) is 0.309. The minimum atomic E-state index is -3.40. The summed E-state index contributed by atoms with van der Waals surface area (Å²) in [7, 11) is -3.40. The Morgan fingerprint density at radius 3 is 2.33 bits per heavy atom. The summed E-state index contributed by atoms with van der Waals surface area (Å²) in [6, 6.07) is 6.98. The first kappa shape index (κ1) is 22.6. The largest absolute Gasteiger partial charge is 0.357 e. The second kappa shape index (κ2) is 10.8. The van der Waals surface area contributed by atoms with Crippen LogP contribution in [0.1, 0.15) is 44.6 Å². The van der Waals surface area contributed by atoms with Crippen LogP contribution in [0.5, 0.6) is 0 Å². The third-order valence-corrected chi connectivity index (χ3v) is 7.22. The molecule has 2 aliphatic rings. The topological polar surface area (TPSA) is 103 Å². The van der Waals surface area contributed by atoms with Gasteiger partial charge >= 0.3 is 0 Å². The van der Waals surface area contributed by atoms with Crippen molar-refractivity contribution in [2.75, 3.05) is 32.7 Å². The van der Waals surface area contributed by atoms with E-state index in [1.165, 1.54) is 0 Å². The molecule has 30 heavy (non-hydrogen) atoms. The predicted octanol–water partition coefficient (Wildman–Crippen LogP) is 1.44. The molecule has 1 heterocycles. The molecule has 3 N–H and O–H groups in total. The Bertz CT molecular complexity index is 829. The van der Waals surface area contributed by atoms with E-state index in [2.05, 4.69) is 20.9 Å². The number of nitrogens with one attached hydrogen (secondary N) is 3. The van der Waals surface area contributed by atoms with Gasteiger partial charge in [-0.2, -0.15) is 4.31 Å². The van der Waals surface area contributed by atoms with Gasteiger partial charge in [0.05, 0.1) is 11.4 Å². The average Bonchev–Trinajstić information content (AvgIpc) is 3.61. The molecule has 1 saturated heterocycles. The summed E-state index contributed by atoms with van der Waals surface area (Å²) in [6.07, 6.45) is 4.95. The Balaban J connectivity index is 1.51. The molecule has 1 saturated carbocycles. The number of sulfonamides is 1. The molecule has 0 spiro atoms. The fourth-order valence-electron chi connectivity index (χ4n) is 3.39. The molecule has 0 aromatic heterocycles. The maximum Gasteiger partial charge on any atom is 0.243 e. The van der Waals surface area contributed by atoms with E-state index in [9.17, 15) is 13.2 Å². The van der Waals surface area contributed by atoms with Gasteiger partial charge in [-0.1, -0.05) is 18.6 Å². The molecule has 1 aliphatic heterocycles. The second-order valence-corrected chi connectivity index (χ2v) is 9.73. The van der Waals surface area contributed by atoms with Crippen molar-refractivity contribution in [3.05, 3.63) is 29.8 Å². The van der Waals surface area contributed by atoms with Gasteiger partial charge in [0, 0.05) is 38.6 Å². The zero-order chi connectivity index (χ0) is 21.4. The van der Waals surface area contributed by atoms with Gasteiger partial charge in [0.2, 0.25) is 15.9 Å². The van der Waals surface area contributed by atoms with Crippen molar-refractivity contribution in [2.24, 2.45) is 10.9 Å². The number of benzene rings is 1. The minimum Gasteiger partial charge on any atom is -0.357 e. The zero-order valence-corrected chi connectivity index (χ0v) is 18.5. The van der Waals surface area contributed by atoms with Crippen molar-refractivity contribution in [1.29, 1.82) is 0 Å². The Hall–Kier alpha value is -2.13. The number of nitrogens with zero attached hydrogens (tertiary/aromatic N) is 2. The van der Waals surface area contributed by atoms with Gasteiger partial charge in [0.15, 0.2) is 5.96 Å². The van der Waals surface area contributed by atoms with E-state index in [1.807, 2.05) is 19.1 Å². The fraction of sp³-hybridized carbons (Fsp3) is 0.619. The lowest BCUT2D eigenvalue weighted by molar-refractivity contribution is -0.122. The highest BCUT2D eigenvalue weighted by molar-refractivity contribution is 7.89. The van der Waals surface area contributed by atoms with Crippen molar-refractivity contribution < 1.29 is 13.2 Å². The molecule has 1 aromatic carbocycles. The molecule has 166 valence electrons. The maximum atomic E-state index is 12.7. The Kier molecular flexibility index (Phi) is 8.09. The molecule has 9 heteroatoms. The normalized spacial score (nSPS) is 18.1. The summed E-state index contributed by atoms with van der Waals surface area (Å²) in [5.41, 5.74) is 0.937. The second-order valence-electron chi connectivity index (χ2n) is 7.80. The third kappa shape index (κ3) is 6.43. The molecule has 2 fully saturated rings. The Morgan fingerprint density at radius 1 is 1.03 bits per heavy atom. The standard InChI is InChI=1S/C21H33N5O3S/c1-2-22-21(24-13-12-23-20(27)18-8-9-18)25-16-17-6-10-19(11-7-17)30(28,29)26-14-4-3-5-15-26/h6-7,10-11,18H,2-5,8-9,12-16H2,1H3,(H,23,27)(H2,22,24,25).